The van der Waals surface area contributed by atoms with Crippen molar-refractivity contribution < 1.29 is 17.9 Å². The zero-order valence-electron chi connectivity index (χ0n) is 15.7. The van der Waals surface area contributed by atoms with E-state index < -0.39 is 17.6 Å². The molecular formula is C21H20F3N3O. The van der Waals surface area contributed by atoms with Gasteiger partial charge in [-0.2, -0.15) is 18.2 Å². The van der Waals surface area contributed by atoms with Crippen LogP contribution in [0.3, 0.4) is 0 Å². The molecule has 0 aliphatic heterocycles. The molecule has 146 valence electrons. The molecule has 2 aromatic carbocycles. The van der Waals surface area contributed by atoms with Gasteiger partial charge in [0.2, 0.25) is 11.8 Å². The third kappa shape index (κ3) is 4.24. The summed E-state index contributed by atoms with van der Waals surface area (Å²) in [4.78, 5) is 9.68. The van der Waals surface area contributed by atoms with E-state index in [1.807, 2.05) is 38.1 Å². The number of rotatable bonds is 5. The van der Waals surface area contributed by atoms with Crippen LogP contribution in [0.4, 0.5) is 24.8 Å². The minimum Gasteiger partial charge on any atom is -0.438 e. The molecule has 0 saturated carbocycles. The number of para-hydroxylation sites is 2. The predicted molar refractivity (Wildman–Crippen MR) is 102 cm³/mol. The third-order valence-electron chi connectivity index (χ3n) is 4.22. The molecule has 3 rings (SSSR count). The Bertz CT molecular complexity index is 943. The lowest BCUT2D eigenvalue weighted by Crippen LogP contribution is -2.17. The summed E-state index contributed by atoms with van der Waals surface area (Å²) in [5, 5.41) is 0. The quantitative estimate of drug-likeness (QED) is 0.524. The van der Waals surface area contributed by atoms with Gasteiger partial charge < -0.3 is 9.64 Å². The van der Waals surface area contributed by atoms with Crippen LogP contribution in [0.25, 0.3) is 0 Å². The third-order valence-corrected chi connectivity index (χ3v) is 4.22. The molecule has 4 nitrogen and oxygen atoms in total. The number of hydrogen-bond acceptors (Lipinski definition) is 4. The van der Waals surface area contributed by atoms with Crippen LogP contribution in [0.2, 0.25) is 0 Å². The summed E-state index contributed by atoms with van der Waals surface area (Å²) in [5.41, 5.74) is 0.840. The highest BCUT2D eigenvalue weighted by molar-refractivity contribution is 5.62. The second-order valence-corrected chi connectivity index (χ2v) is 6.57. The average molecular weight is 387 g/mol. The minimum atomic E-state index is -4.63. The lowest BCUT2D eigenvalue weighted by Gasteiger charge is -2.23. The number of anilines is 2. The molecule has 0 amide bonds. The van der Waals surface area contributed by atoms with Gasteiger partial charge in [0.05, 0.1) is 0 Å². The number of alkyl halides is 3. The van der Waals surface area contributed by atoms with E-state index in [1.165, 1.54) is 0 Å². The van der Waals surface area contributed by atoms with Gasteiger partial charge in [-0.1, -0.05) is 50.2 Å². The fourth-order valence-electron chi connectivity index (χ4n) is 2.78. The maximum Gasteiger partial charge on any atom is 0.423 e. The molecule has 0 fully saturated rings. The van der Waals surface area contributed by atoms with Gasteiger partial charge in [0, 0.05) is 18.9 Å². The number of nitrogens with zero attached hydrogens (tertiary/aromatic N) is 3. The molecule has 0 aliphatic rings. The van der Waals surface area contributed by atoms with Crippen molar-refractivity contribution in [2.24, 2.45) is 0 Å². The standard InChI is InChI=1S/C21H20F3N3O/c1-14(2)16-11-7-8-12-18(16)27(3)20-25-13-17(21(22,23)24)19(26-20)28-15-9-5-4-6-10-15/h4-14H,1-3H3. The van der Waals surface area contributed by atoms with E-state index in [1.54, 1.807) is 42.3 Å². The summed E-state index contributed by atoms with van der Waals surface area (Å²) in [6.07, 6.45) is -3.87. The molecule has 28 heavy (non-hydrogen) atoms. The monoisotopic (exact) mass is 387 g/mol. The average Bonchev–Trinajstić information content (AvgIpc) is 2.67. The fraction of sp³-hybridized carbons (Fsp3) is 0.238. The summed E-state index contributed by atoms with van der Waals surface area (Å²) < 4.78 is 45.7. The van der Waals surface area contributed by atoms with Gasteiger partial charge in [0.1, 0.15) is 11.3 Å². The summed E-state index contributed by atoms with van der Waals surface area (Å²) in [5.74, 6) is 0.0839. The largest absolute Gasteiger partial charge is 0.438 e. The van der Waals surface area contributed by atoms with Crippen molar-refractivity contribution in [2.45, 2.75) is 25.9 Å². The first kappa shape index (κ1) is 19.7. The van der Waals surface area contributed by atoms with Crippen molar-refractivity contribution in [3.8, 4) is 11.6 Å². The summed E-state index contributed by atoms with van der Waals surface area (Å²) in [7, 11) is 1.72. The molecule has 0 spiro atoms. The lowest BCUT2D eigenvalue weighted by molar-refractivity contribution is -0.139. The minimum absolute atomic E-state index is 0.118. The SMILES string of the molecule is CC(C)c1ccccc1N(C)c1ncc(C(F)(F)F)c(Oc2ccccc2)n1. The second kappa shape index (κ2) is 7.88. The molecule has 1 heterocycles. The maximum absolute atomic E-state index is 13.4. The van der Waals surface area contributed by atoms with Crippen LogP contribution < -0.4 is 9.64 Å². The highest BCUT2D eigenvalue weighted by Gasteiger charge is 2.37. The molecule has 0 N–H and O–H groups in total. The number of aromatic nitrogens is 2. The van der Waals surface area contributed by atoms with Crippen molar-refractivity contribution in [1.82, 2.24) is 9.97 Å². The van der Waals surface area contributed by atoms with E-state index in [-0.39, 0.29) is 17.6 Å². The van der Waals surface area contributed by atoms with Gasteiger partial charge in [-0.15, -0.1) is 0 Å². The van der Waals surface area contributed by atoms with Crippen molar-refractivity contribution in [3.05, 3.63) is 71.9 Å². The van der Waals surface area contributed by atoms with Crippen LogP contribution in [0, 0.1) is 0 Å². The van der Waals surface area contributed by atoms with E-state index in [0.29, 0.717) is 0 Å². The summed E-state index contributed by atoms with van der Waals surface area (Å²) >= 11 is 0. The molecule has 3 aromatic rings. The molecule has 1 aromatic heterocycles. The lowest BCUT2D eigenvalue weighted by atomic mass is 10.0. The van der Waals surface area contributed by atoms with E-state index >= 15 is 0 Å². The fourth-order valence-corrected chi connectivity index (χ4v) is 2.78. The predicted octanol–water partition coefficient (Wildman–Crippen LogP) is 6.18. The Morgan fingerprint density at radius 1 is 0.964 bits per heavy atom. The first-order valence-electron chi connectivity index (χ1n) is 8.77. The molecular weight excluding hydrogens is 367 g/mol. The molecule has 0 unspecified atom stereocenters. The van der Waals surface area contributed by atoms with Gasteiger partial charge in [0.15, 0.2) is 0 Å². The van der Waals surface area contributed by atoms with E-state index in [9.17, 15) is 13.2 Å². The van der Waals surface area contributed by atoms with Crippen molar-refractivity contribution >= 4 is 11.6 Å². The molecule has 0 radical (unpaired) electrons. The first-order chi connectivity index (χ1) is 13.3. The highest BCUT2D eigenvalue weighted by atomic mass is 19.4. The Labute approximate surface area is 161 Å². The highest BCUT2D eigenvalue weighted by Crippen LogP contribution is 2.38. The smallest absolute Gasteiger partial charge is 0.423 e. The molecule has 0 atom stereocenters. The normalized spacial score (nSPS) is 11.5. The number of halogens is 3. The Morgan fingerprint density at radius 3 is 2.25 bits per heavy atom. The van der Waals surface area contributed by atoms with Crippen molar-refractivity contribution in [3.63, 3.8) is 0 Å². The van der Waals surface area contributed by atoms with Gasteiger partial charge in [-0.3, -0.25) is 0 Å². The summed E-state index contributed by atoms with van der Waals surface area (Å²) in [6.45, 7) is 4.09. The van der Waals surface area contributed by atoms with Crippen molar-refractivity contribution in [2.75, 3.05) is 11.9 Å². The second-order valence-electron chi connectivity index (χ2n) is 6.57. The van der Waals surface area contributed by atoms with Gasteiger partial charge >= 0.3 is 6.18 Å². The maximum atomic E-state index is 13.4. The van der Waals surface area contributed by atoms with Crippen LogP contribution in [0.5, 0.6) is 11.6 Å². The van der Waals surface area contributed by atoms with E-state index in [0.717, 1.165) is 17.4 Å². The first-order valence-corrected chi connectivity index (χ1v) is 8.77. The molecule has 0 saturated heterocycles. The number of hydrogen-bond donors (Lipinski definition) is 0. The Hall–Kier alpha value is -3.09. The van der Waals surface area contributed by atoms with Crippen molar-refractivity contribution in [1.29, 1.82) is 0 Å². The van der Waals surface area contributed by atoms with Crippen LogP contribution in [-0.4, -0.2) is 17.0 Å². The molecule has 0 bridgehead atoms. The zero-order chi connectivity index (χ0) is 20.3. The van der Waals surface area contributed by atoms with Crippen LogP contribution >= 0.6 is 0 Å². The topological polar surface area (TPSA) is 38.2 Å². The van der Waals surface area contributed by atoms with Crippen LogP contribution in [0.1, 0.15) is 30.9 Å². The Balaban J connectivity index is 2.04. The van der Waals surface area contributed by atoms with E-state index in [4.69, 9.17) is 4.74 Å². The zero-order valence-corrected chi connectivity index (χ0v) is 15.7. The molecule has 0 aliphatic carbocycles. The van der Waals surface area contributed by atoms with Gasteiger partial charge in [-0.05, 0) is 29.7 Å². The number of ether oxygens (including phenoxy) is 1. The van der Waals surface area contributed by atoms with Gasteiger partial charge in [-0.25, -0.2) is 4.98 Å². The van der Waals surface area contributed by atoms with Crippen LogP contribution in [-0.2, 0) is 6.18 Å². The number of benzene rings is 2. The van der Waals surface area contributed by atoms with E-state index in [2.05, 4.69) is 9.97 Å². The Morgan fingerprint density at radius 2 is 1.61 bits per heavy atom. The van der Waals surface area contributed by atoms with Crippen LogP contribution in [0.15, 0.2) is 60.8 Å². The van der Waals surface area contributed by atoms with Gasteiger partial charge in [0.25, 0.3) is 0 Å². The molecule has 7 heteroatoms. The Kier molecular flexibility index (Phi) is 5.53. The summed E-state index contributed by atoms with van der Waals surface area (Å²) in [6, 6.07) is 15.9.